The van der Waals surface area contributed by atoms with Gasteiger partial charge in [0.1, 0.15) is 0 Å². The number of carbonyl (C=O) groups is 1. The van der Waals surface area contributed by atoms with Gasteiger partial charge in [0.15, 0.2) is 6.29 Å². The van der Waals surface area contributed by atoms with Gasteiger partial charge in [-0.15, -0.1) is 0 Å². The number of rotatable bonds is 3. The third kappa shape index (κ3) is 1.99. The monoisotopic (exact) mass is 265 g/mol. The van der Waals surface area contributed by atoms with Crippen LogP contribution >= 0.6 is 0 Å². The minimum atomic E-state index is 0.291. The molecule has 2 heterocycles. The van der Waals surface area contributed by atoms with E-state index >= 15 is 0 Å². The van der Waals surface area contributed by atoms with Crippen LogP contribution in [-0.4, -0.2) is 28.3 Å². The Morgan fingerprint density at radius 3 is 2.50 bits per heavy atom. The van der Waals surface area contributed by atoms with Gasteiger partial charge in [0.05, 0.1) is 12.6 Å². The van der Waals surface area contributed by atoms with E-state index in [0.717, 1.165) is 28.3 Å². The maximum Gasteiger partial charge on any atom is 0.316 e. The van der Waals surface area contributed by atoms with E-state index in [2.05, 4.69) is 15.0 Å². The first-order chi connectivity index (χ1) is 9.83. The number of methoxy groups -OCH3 is 1. The van der Waals surface area contributed by atoms with Crippen molar-refractivity contribution in [3.63, 3.8) is 0 Å². The molecule has 20 heavy (non-hydrogen) atoms. The van der Waals surface area contributed by atoms with Crippen LogP contribution in [0.15, 0.2) is 42.9 Å². The zero-order valence-corrected chi connectivity index (χ0v) is 10.8. The Bertz CT molecular complexity index is 770. The van der Waals surface area contributed by atoms with Gasteiger partial charge in [-0.3, -0.25) is 9.78 Å². The summed E-state index contributed by atoms with van der Waals surface area (Å²) in [7, 11) is 1.51. The molecule has 0 atom stereocenters. The van der Waals surface area contributed by atoms with E-state index in [0.29, 0.717) is 11.6 Å². The van der Waals surface area contributed by atoms with E-state index in [9.17, 15) is 4.79 Å². The molecule has 0 radical (unpaired) electrons. The molecular formula is C15H11N3O2. The molecule has 0 N–H and O–H groups in total. The molecule has 0 amide bonds. The number of fused-ring (bicyclic) bond motifs is 1. The summed E-state index contributed by atoms with van der Waals surface area (Å²) in [5.74, 6) is 0. The van der Waals surface area contributed by atoms with Gasteiger partial charge in [-0.1, -0.05) is 18.2 Å². The summed E-state index contributed by atoms with van der Waals surface area (Å²) in [6.07, 6.45) is 5.63. The fourth-order valence-corrected chi connectivity index (χ4v) is 2.12. The highest BCUT2D eigenvalue weighted by Crippen LogP contribution is 2.29. The largest absolute Gasteiger partial charge is 0.467 e. The molecule has 0 saturated heterocycles. The molecule has 0 unspecified atom stereocenters. The summed E-state index contributed by atoms with van der Waals surface area (Å²) in [5.41, 5.74) is 2.88. The third-order valence-electron chi connectivity index (χ3n) is 3.03. The molecule has 1 aromatic carbocycles. The Labute approximate surface area is 115 Å². The third-order valence-corrected chi connectivity index (χ3v) is 3.03. The maximum absolute atomic E-state index is 11.3. The van der Waals surface area contributed by atoms with E-state index in [4.69, 9.17) is 4.74 Å². The lowest BCUT2D eigenvalue weighted by Gasteiger charge is -2.08. The first-order valence-corrected chi connectivity index (χ1v) is 6.03. The zero-order valence-electron chi connectivity index (χ0n) is 10.8. The van der Waals surface area contributed by atoms with Crippen molar-refractivity contribution in [3.8, 4) is 17.1 Å². The standard InChI is InChI=1S/C15H11N3O2/c1-20-15-17-6-10(7-18-15)14-11(9-19)8-16-13-5-3-2-4-12(13)14/h2-9H,1H3. The Kier molecular flexibility index (Phi) is 3.09. The molecule has 5 nitrogen and oxygen atoms in total. The molecule has 3 aromatic rings. The zero-order chi connectivity index (χ0) is 13.9. The summed E-state index contributed by atoms with van der Waals surface area (Å²) in [4.78, 5) is 23.7. The summed E-state index contributed by atoms with van der Waals surface area (Å²) in [6.45, 7) is 0. The number of hydrogen-bond acceptors (Lipinski definition) is 5. The highest BCUT2D eigenvalue weighted by molar-refractivity contribution is 6.02. The summed E-state index contributed by atoms with van der Waals surface area (Å²) in [6, 6.07) is 7.93. The van der Waals surface area contributed by atoms with Gasteiger partial charge < -0.3 is 4.74 Å². The highest BCUT2D eigenvalue weighted by Gasteiger charge is 2.11. The van der Waals surface area contributed by atoms with Crippen LogP contribution in [0.4, 0.5) is 0 Å². The number of aldehydes is 1. The van der Waals surface area contributed by atoms with Crippen LogP contribution in [0, 0.1) is 0 Å². The Hall–Kier alpha value is -2.82. The molecule has 0 bridgehead atoms. The van der Waals surface area contributed by atoms with Crippen molar-refractivity contribution in [2.45, 2.75) is 0 Å². The van der Waals surface area contributed by atoms with Crippen LogP contribution in [0.25, 0.3) is 22.0 Å². The molecule has 0 aliphatic rings. The van der Waals surface area contributed by atoms with Gasteiger partial charge in [-0.05, 0) is 6.07 Å². The molecule has 0 aliphatic carbocycles. The van der Waals surface area contributed by atoms with Gasteiger partial charge in [0.25, 0.3) is 0 Å². The number of benzene rings is 1. The van der Waals surface area contributed by atoms with Crippen molar-refractivity contribution in [2.24, 2.45) is 0 Å². The van der Waals surface area contributed by atoms with Crippen molar-refractivity contribution < 1.29 is 9.53 Å². The minimum absolute atomic E-state index is 0.291. The highest BCUT2D eigenvalue weighted by atomic mass is 16.5. The van der Waals surface area contributed by atoms with Crippen LogP contribution in [-0.2, 0) is 0 Å². The van der Waals surface area contributed by atoms with Crippen molar-refractivity contribution >= 4 is 17.2 Å². The predicted octanol–water partition coefficient (Wildman–Crippen LogP) is 2.51. The number of hydrogen-bond donors (Lipinski definition) is 0. The predicted molar refractivity (Wildman–Crippen MR) is 74.7 cm³/mol. The molecule has 0 fully saturated rings. The lowest BCUT2D eigenvalue weighted by atomic mass is 9.99. The van der Waals surface area contributed by atoms with Gasteiger partial charge in [-0.25, -0.2) is 9.97 Å². The van der Waals surface area contributed by atoms with Crippen molar-refractivity contribution in [1.29, 1.82) is 0 Å². The molecular weight excluding hydrogens is 254 g/mol. The fourth-order valence-electron chi connectivity index (χ4n) is 2.12. The van der Waals surface area contributed by atoms with Crippen molar-refractivity contribution in [2.75, 3.05) is 7.11 Å². The number of para-hydroxylation sites is 1. The minimum Gasteiger partial charge on any atom is -0.467 e. The first-order valence-electron chi connectivity index (χ1n) is 6.03. The smallest absolute Gasteiger partial charge is 0.316 e. The second-order valence-electron chi connectivity index (χ2n) is 4.18. The molecule has 2 aromatic heterocycles. The van der Waals surface area contributed by atoms with Gasteiger partial charge in [0, 0.05) is 40.7 Å². The van der Waals surface area contributed by atoms with Crippen molar-refractivity contribution in [1.82, 2.24) is 15.0 Å². The second-order valence-corrected chi connectivity index (χ2v) is 4.18. The van der Waals surface area contributed by atoms with Gasteiger partial charge in [0.2, 0.25) is 0 Å². The normalized spacial score (nSPS) is 10.4. The summed E-state index contributed by atoms with van der Waals surface area (Å²) < 4.78 is 4.94. The second kappa shape index (κ2) is 5.05. The molecule has 3 rings (SSSR count). The van der Waals surface area contributed by atoms with Gasteiger partial charge >= 0.3 is 6.01 Å². The SMILES string of the molecule is COc1ncc(-c2c(C=O)cnc3ccccc23)cn1. The maximum atomic E-state index is 11.3. The first kappa shape index (κ1) is 12.2. The Morgan fingerprint density at radius 2 is 1.80 bits per heavy atom. The summed E-state index contributed by atoms with van der Waals surface area (Å²) in [5, 5.41) is 0.894. The van der Waals surface area contributed by atoms with E-state index in [-0.39, 0.29) is 0 Å². The van der Waals surface area contributed by atoms with E-state index in [1.54, 1.807) is 18.6 Å². The average molecular weight is 265 g/mol. The average Bonchev–Trinajstić information content (AvgIpc) is 2.54. The van der Waals surface area contributed by atoms with E-state index < -0.39 is 0 Å². The van der Waals surface area contributed by atoms with E-state index in [1.807, 2.05) is 24.3 Å². The van der Waals surface area contributed by atoms with Crippen LogP contribution in [0.2, 0.25) is 0 Å². The number of pyridine rings is 1. The number of nitrogens with zero attached hydrogens (tertiary/aromatic N) is 3. The number of carbonyl (C=O) groups excluding carboxylic acids is 1. The number of aromatic nitrogens is 3. The summed E-state index contributed by atoms with van der Waals surface area (Å²) >= 11 is 0. The lowest BCUT2D eigenvalue weighted by molar-refractivity contribution is 0.112. The Morgan fingerprint density at radius 1 is 1.05 bits per heavy atom. The quantitative estimate of drug-likeness (QED) is 0.681. The van der Waals surface area contributed by atoms with Crippen molar-refractivity contribution in [3.05, 3.63) is 48.4 Å². The van der Waals surface area contributed by atoms with Crippen LogP contribution in [0.3, 0.4) is 0 Å². The number of ether oxygens (including phenoxy) is 1. The lowest BCUT2D eigenvalue weighted by Crippen LogP contribution is -1.95. The molecule has 5 heteroatoms. The van der Waals surface area contributed by atoms with Crippen LogP contribution in [0.5, 0.6) is 6.01 Å². The molecule has 0 spiro atoms. The topological polar surface area (TPSA) is 65.0 Å². The van der Waals surface area contributed by atoms with Crippen LogP contribution < -0.4 is 4.74 Å². The Balaban J connectivity index is 2.29. The fraction of sp³-hybridized carbons (Fsp3) is 0.0667. The molecule has 0 aliphatic heterocycles. The molecule has 98 valence electrons. The van der Waals surface area contributed by atoms with E-state index in [1.165, 1.54) is 7.11 Å². The van der Waals surface area contributed by atoms with Gasteiger partial charge in [-0.2, -0.15) is 0 Å². The van der Waals surface area contributed by atoms with Crippen LogP contribution in [0.1, 0.15) is 10.4 Å². The molecule has 0 saturated carbocycles.